The fourth-order valence-corrected chi connectivity index (χ4v) is 0.820. The van der Waals surface area contributed by atoms with Gasteiger partial charge < -0.3 is 5.11 Å². The maximum absolute atomic E-state index is 8.90. The molecule has 0 rings (SSSR count). The molecule has 1 nitrogen and oxygen atoms in total. The molecular weight excluding hydrogens is 182 g/mol. The Morgan fingerprint density at radius 2 is 1.56 bits per heavy atom. The Hall–Kier alpha value is 0.830. The van der Waals surface area contributed by atoms with E-state index in [1.54, 1.807) is 13.8 Å². The van der Waals surface area contributed by atoms with Crippen molar-refractivity contribution in [2.75, 3.05) is 0 Å². The lowest BCUT2D eigenvalue weighted by Gasteiger charge is -2.22. The number of aliphatic hydroxyl groups excluding tert-OH is 1. The van der Waals surface area contributed by atoms with E-state index in [1.807, 2.05) is 0 Å². The molecular formula is C5H9Cl3O. The third kappa shape index (κ3) is 3.51. The topological polar surface area (TPSA) is 20.2 Å². The van der Waals surface area contributed by atoms with Crippen molar-refractivity contribution in [1.29, 1.82) is 0 Å². The Morgan fingerprint density at radius 3 is 1.56 bits per heavy atom. The van der Waals surface area contributed by atoms with Gasteiger partial charge in [-0.05, 0) is 6.92 Å². The van der Waals surface area contributed by atoms with Gasteiger partial charge in [0.25, 0.3) is 0 Å². The molecule has 0 saturated carbocycles. The summed E-state index contributed by atoms with van der Waals surface area (Å²) in [5.41, 5.74) is 0. The van der Waals surface area contributed by atoms with Crippen molar-refractivity contribution in [2.45, 2.75) is 23.7 Å². The number of alkyl halides is 3. The van der Waals surface area contributed by atoms with E-state index in [4.69, 9.17) is 39.9 Å². The fraction of sp³-hybridized carbons (Fsp3) is 1.00. The van der Waals surface area contributed by atoms with Crippen LogP contribution in [0.15, 0.2) is 0 Å². The molecule has 0 amide bonds. The van der Waals surface area contributed by atoms with Crippen molar-refractivity contribution in [1.82, 2.24) is 0 Å². The highest BCUT2D eigenvalue weighted by molar-refractivity contribution is 6.67. The van der Waals surface area contributed by atoms with E-state index >= 15 is 0 Å². The van der Waals surface area contributed by atoms with E-state index in [9.17, 15) is 0 Å². The van der Waals surface area contributed by atoms with Crippen molar-refractivity contribution in [3.63, 3.8) is 0 Å². The smallest absolute Gasteiger partial charge is 0.195 e. The SMILES string of the molecule is CC(O)C(C)C(Cl)(Cl)Cl. The molecule has 0 saturated heterocycles. The molecule has 0 fully saturated rings. The Morgan fingerprint density at radius 1 is 1.22 bits per heavy atom. The molecule has 0 aliphatic rings. The van der Waals surface area contributed by atoms with Crippen molar-refractivity contribution >= 4 is 34.8 Å². The standard InChI is InChI=1S/C5H9Cl3O/c1-3(4(2)9)5(6,7)8/h3-4,9H,1-2H3. The largest absolute Gasteiger partial charge is 0.393 e. The molecule has 4 heteroatoms. The van der Waals surface area contributed by atoms with Crippen molar-refractivity contribution in [2.24, 2.45) is 5.92 Å². The maximum atomic E-state index is 8.90. The zero-order chi connectivity index (χ0) is 7.65. The van der Waals surface area contributed by atoms with Gasteiger partial charge in [-0.2, -0.15) is 0 Å². The summed E-state index contributed by atoms with van der Waals surface area (Å²) in [5, 5.41) is 8.90. The minimum Gasteiger partial charge on any atom is -0.393 e. The summed E-state index contributed by atoms with van der Waals surface area (Å²) in [6.45, 7) is 3.27. The molecule has 0 spiro atoms. The van der Waals surface area contributed by atoms with E-state index in [0.29, 0.717) is 0 Å². The van der Waals surface area contributed by atoms with Gasteiger partial charge in [0.15, 0.2) is 3.79 Å². The van der Waals surface area contributed by atoms with Gasteiger partial charge in [0.2, 0.25) is 0 Å². The summed E-state index contributed by atoms with van der Waals surface area (Å²) < 4.78 is -1.35. The summed E-state index contributed by atoms with van der Waals surface area (Å²) >= 11 is 16.3. The Balaban J connectivity index is 3.88. The molecule has 0 aliphatic carbocycles. The second kappa shape index (κ2) is 3.29. The average Bonchev–Trinajstić information content (AvgIpc) is 1.62. The van der Waals surface area contributed by atoms with Gasteiger partial charge in [0.05, 0.1) is 6.10 Å². The van der Waals surface area contributed by atoms with E-state index in [2.05, 4.69) is 0 Å². The summed E-state index contributed by atoms with van der Waals surface area (Å²) in [6.07, 6.45) is -0.586. The molecule has 2 atom stereocenters. The molecule has 1 N–H and O–H groups in total. The second-order valence-electron chi connectivity index (χ2n) is 2.07. The summed E-state index contributed by atoms with van der Waals surface area (Å²) in [4.78, 5) is 0. The molecule has 0 radical (unpaired) electrons. The zero-order valence-electron chi connectivity index (χ0n) is 5.24. The lowest BCUT2D eigenvalue weighted by atomic mass is 10.1. The molecule has 0 heterocycles. The monoisotopic (exact) mass is 190 g/mol. The first-order valence-corrected chi connectivity index (χ1v) is 3.74. The van der Waals surface area contributed by atoms with Crippen molar-refractivity contribution in [3.05, 3.63) is 0 Å². The fourth-order valence-electron chi connectivity index (χ4n) is 0.273. The number of aliphatic hydroxyl groups is 1. The predicted octanol–water partition coefficient (Wildman–Crippen LogP) is 2.37. The van der Waals surface area contributed by atoms with Gasteiger partial charge in [-0.15, -0.1) is 0 Å². The van der Waals surface area contributed by atoms with Gasteiger partial charge >= 0.3 is 0 Å². The second-order valence-corrected chi connectivity index (χ2v) is 4.44. The van der Waals surface area contributed by atoms with Crippen LogP contribution in [0, 0.1) is 5.92 Å². The van der Waals surface area contributed by atoms with Crippen LogP contribution in [-0.2, 0) is 0 Å². The molecule has 0 bridgehead atoms. The normalized spacial score (nSPS) is 19.3. The van der Waals surface area contributed by atoms with Gasteiger partial charge in [-0.1, -0.05) is 41.7 Å². The Bertz CT molecular complexity index is 86.7. The van der Waals surface area contributed by atoms with Crippen LogP contribution in [0.3, 0.4) is 0 Å². The van der Waals surface area contributed by atoms with E-state index in [-0.39, 0.29) is 5.92 Å². The number of rotatable bonds is 1. The van der Waals surface area contributed by atoms with Gasteiger partial charge in [0.1, 0.15) is 0 Å². The van der Waals surface area contributed by atoms with Gasteiger partial charge in [-0.25, -0.2) is 0 Å². The van der Waals surface area contributed by atoms with Crippen LogP contribution < -0.4 is 0 Å². The number of hydrogen-bond donors (Lipinski definition) is 1. The van der Waals surface area contributed by atoms with E-state index in [1.165, 1.54) is 0 Å². The van der Waals surface area contributed by atoms with Crippen molar-refractivity contribution in [3.8, 4) is 0 Å². The quantitative estimate of drug-likeness (QED) is 0.631. The Kier molecular flexibility index (Phi) is 3.59. The minimum absolute atomic E-state index is 0.331. The zero-order valence-corrected chi connectivity index (χ0v) is 7.50. The van der Waals surface area contributed by atoms with Crippen LogP contribution in [0.2, 0.25) is 0 Å². The molecule has 0 aliphatic heterocycles. The average molecular weight is 191 g/mol. The molecule has 0 aromatic heterocycles. The lowest BCUT2D eigenvalue weighted by molar-refractivity contribution is 0.137. The minimum atomic E-state index is -1.35. The van der Waals surface area contributed by atoms with Crippen LogP contribution in [-0.4, -0.2) is 15.0 Å². The first-order valence-electron chi connectivity index (χ1n) is 2.60. The summed E-state index contributed by atoms with van der Waals surface area (Å²) in [6, 6.07) is 0. The highest BCUT2D eigenvalue weighted by atomic mass is 35.6. The predicted molar refractivity (Wildman–Crippen MR) is 41.1 cm³/mol. The number of halogens is 3. The molecule has 56 valence electrons. The molecule has 2 unspecified atom stereocenters. The highest BCUT2D eigenvalue weighted by Gasteiger charge is 2.31. The molecule has 9 heavy (non-hydrogen) atoms. The van der Waals surface area contributed by atoms with Gasteiger partial charge in [0, 0.05) is 5.92 Å². The first-order chi connectivity index (χ1) is 3.85. The molecule has 0 aromatic rings. The van der Waals surface area contributed by atoms with E-state index in [0.717, 1.165) is 0 Å². The van der Waals surface area contributed by atoms with E-state index < -0.39 is 9.90 Å². The van der Waals surface area contributed by atoms with Crippen LogP contribution in [0.1, 0.15) is 13.8 Å². The maximum Gasteiger partial charge on any atom is 0.195 e. The van der Waals surface area contributed by atoms with Crippen LogP contribution in [0.5, 0.6) is 0 Å². The van der Waals surface area contributed by atoms with Gasteiger partial charge in [-0.3, -0.25) is 0 Å². The summed E-state index contributed by atoms with van der Waals surface area (Å²) in [7, 11) is 0. The third-order valence-corrected chi connectivity index (χ3v) is 2.27. The third-order valence-electron chi connectivity index (χ3n) is 1.24. The van der Waals surface area contributed by atoms with Crippen LogP contribution >= 0.6 is 34.8 Å². The highest BCUT2D eigenvalue weighted by Crippen LogP contribution is 2.36. The summed E-state index contributed by atoms with van der Waals surface area (Å²) in [5.74, 6) is -0.331. The number of hydrogen-bond acceptors (Lipinski definition) is 1. The Labute approximate surface area is 69.9 Å². The molecule has 0 aromatic carbocycles. The van der Waals surface area contributed by atoms with Crippen LogP contribution in [0.4, 0.5) is 0 Å². The van der Waals surface area contributed by atoms with Crippen LogP contribution in [0.25, 0.3) is 0 Å². The lowest BCUT2D eigenvalue weighted by Crippen LogP contribution is -2.26. The van der Waals surface area contributed by atoms with Crippen molar-refractivity contribution < 1.29 is 5.11 Å². The first kappa shape index (κ1) is 9.83.